The molecule has 4 fully saturated rings. The SMILES string of the molecule is Cc1cc(C)cc(-c2[nH]c3sc(C(C)(C)C(=O)N4C5CCC4CC5)cc3c2CCN2CCN(CC(=O)N3CCNCC3)CC2)c1. The molecule has 1 aromatic carbocycles. The molecule has 2 aromatic heterocycles. The second-order valence-electron chi connectivity index (χ2n) is 14.5. The molecule has 0 unspecified atom stereocenters. The Morgan fingerprint density at radius 2 is 1.49 bits per heavy atom. The number of nitrogens with zero attached hydrogens (tertiary/aromatic N) is 4. The summed E-state index contributed by atoms with van der Waals surface area (Å²) in [5.41, 5.74) is 5.83. The van der Waals surface area contributed by atoms with Gasteiger partial charge in [0.2, 0.25) is 11.8 Å². The molecule has 242 valence electrons. The zero-order valence-corrected chi connectivity index (χ0v) is 28.4. The minimum atomic E-state index is -0.536. The van der Waals surface area contributed by atoms with E-state index in [1.807, 2.05) is 4.90 Å². The number of aryl methyl sites for hydroxylation is 2. The van der Waals surface area contributed by atoms with Crippen molar-refractivity contribution in [1.29, 1.82) is 0 Å². The predicted molar refractivity (Wildman–Crippen MR) is 183 cm³/mol. The van der Waals surface area contributed by atoms with E-state index in [4.69, 9.17) is 0 Å². The average Bonchev–Trinajstić information content (AvgIpc) is 3.81. The van der Waals surface area contributed by atoms with Crippen molar-refractivity contribution in [2.45, 2.75) is 77.3 Å². The third kappa shape index (κ3) is 6.09. The minimum Gasteiger partial charge on any atom is -0.346 e. The zero-order chi connectivity index (χ0) is 31.3. The number of amides is 2. The summed E-state index contributed by atoms with van der Waals surface area (Å²) in [5, 5.41) is 4.61. The zero-order valence-electron chi connectivity index (χ0n) is 27.6. The Bertz CT molecular complexity index is 1520. The highest BCUT2D eigenvalue weighted by Crippen LogP contribution is 2.44. The van der Waals surface area contributed by atoms with Gasteiger partial charge in [0.25, 0.3) is 0 Å². The van der Waals surface area contributed by atoms with Gasteiger partial charge >= 0.3 is 0 Å². The van der Waals surface area contributed by atoms with Crippen LogP contribution in [0.4, 0.5) is 0 Å². The van der Waals surface area contributed by atoms with Gasteiger partial charge in [-0.1, -0.05) is 17.2 Å². The Morgan fingerprint density at radius 1 is 0.867 bits per heavy atom. The van der Waals surface area contributed by atoms with Gasteiger partial charge in [0.15, 0.2) is 0 Å². The smallest absolute Gasteiger partial charge is 0.236 e. The molecule has 9 heteroatoms. The number of carbonyl (C=O) groups is 2. The fourth-order valence-electron chi connectivity index (χ4n) is 8.28. The predicted octanol–water partition coefficient (Wildman–Crippen LogP) is 4.54. The van der Waals surface area contributed by atoms with Crippen LogP contribution in [0, 0.1) is 13.8 Å². The van der Waals surface area contributed by atoms with Gasteiger partial charge in [-0.15, -0.1) is 11.3 Å². The van der Waals surface area contributed by atoms with Crippen LogP contribution in [0.2, 0.25) is 0 Å². The maximum absolute atomic E-state index is 14.0. The van der Waals surface area contributed by atoms with Gasteiger partial charge in [0, 0.05) is 81.2 Å². The second-order valence-corrected chi connectivity index (χ2v) is 15.6. The van der Waals surface area contributed by atoms with Crippen LogP contribution in [0.1, 0.15) is 61.1 Å². The maximum Gasteiger partial charge on any atom is 0.236 e. The first-order valence-electron chi connectivity index (χ1n) is 17.2. The molecule has 3 aromatic rings. The van der Waals surface area contributed by atoms with Gasteiger partial charge in [-0.25, -0.2) is 0 Å². The van der Waals surface area contributed by atoms with Crippen LogP contribution >= 0.6 is 11.3 Å². The van der Waals surface area contributed by atoms with Gasteiger partial charge in [0.05, 0.1) is 17.7 Å². The quantitative estimate of drug-likeness (QED) is 0.383. The molecule has 0 radical (unpaired) electrons. The van der Waals surface area contributed by atoms with E-state index in [0.29, 0.717) is 24.5 Å². The first kappa shape index (κ1) is 30.9. The van der Waals surface area contributed by atoms with Crippen LogP contribution in [0.3, 0.4) is 0 Å². The standard InChI is InChI=1S/C36H50N6O2S/c1-24-19-25(2)21-26(20-24)33-29(9-12-39-15-17-40(18-16-39)23-32(43)41-13-10-37-11-14-41)30-22-31(45-34(30)38-33)36(3,4)35(44)42-27-5-6-28(42)8-7-27/h19-22,27-28,37-38H,5-18,23H2,1-4H3. The summed E-state index contributed by atoms with van der Waals surface area (Å²) >= 11 is 1.77. The summed E-state index contributed by atoms with van der Waals surface area (Å²) in [7, 11) is 0. The van der Waals surface area contributed by atoms with E-state index in [1.165, 1.54) is 63.8 Å². The number of rotatable bonds is 8. The van der Waals surface area contributed by atoms with Crippen molar-refractivity contribution in [2.24, 2.45) is 0 Å². The normalized spacial score (nSPS) is 23.0. The van der Waals surface area contributed by atoms with Crippen LogP contribution in [0.5, 0.6) is 0 Å². The lowest BCUT2D eigenvalue weighted by molar-refractivity contribution is -0.137. The van der Waals surface area contributed by atoms with Crippen molar-refractivity contribution in [3.05, 3.63) is 45.8 Å². The Hall–Kier alpha value is -2.72. The Balaban J connectivity index is 1.09. The maximum atomic E-state index is 14.0. The van der Waals surface area contributed by atoms with E-state index >= 15 is 0 Å². The number of carbonyl (C=O) groups excluding carboxylic acids is 2. The summed E-state index contributed by atoms with van der Waals surface area (Å²) < 4.78 is 0. The van der Waals surface area contributed by atoms with E-state index < -0.39 is 5.41 Å². The van der Waals surface area contributed by atoms with Crippen molar-refractivity contribution in [2.75, 3.05) is 65.4 Å². The Kier molecular flexibility index (Phi) is 8.57. The van der Waals surface area contributed by atoms with E-state index in [2.05, 4.69) is 77.0 Å². The third-order valence-electron chi connectivity index (χ3n) is 10.9. The number of benzene rings is 1. The number of aromatic nitrogens is 1. The fraction of sp³-hybridized carbons (Fsp3) is 0.611. The van der Waals surface area contributed by atoms with Gasteiger partial charge in [-0.05, 0) is 89.1 Å². The van der Waals surface area contributed by atoms with Crippen molar-refractivity contribution in [3.63, 3.8) is 0 Å². The largest absolute Gasteiger partial charge is 0.346 e. The number of fused-ring (bicyclic) bond motifs is 3. The van der Waals surface area contributed by atoms with Gasteiger partial charge in [-0.3, -0.25) is 14.5 Å². The number of nitrogens with one attached hydrogen (secondary N) is 2. The molecule has 4 aliphatic heterocycles. The molecule has 0 spiro atoms. The highest BCUT2D eigenvalue weighted by molar-refractivity contribution is 7.19. The first-order chi connectivity index (χ1) is 21.7. The summed E-state index contributed by atoms with van der Waals surface area (Å²) in [6.45, 7) is 17.4. The summed E-state index contributed by atoms with van der Waals surface area (Å²) in [6.07, 6.45) is 5.62. The summed E-state index contributed by atoms with van der Waals surface area (Å²) in [4.78, 5) is 42.1. The topological polar surface area (TPSA) is 74.9 Å². The number of hydrogen-bond acceptors (Lipinski definition) is 6. The van der Waals surface area contributed by atoms with Crippen molar-refractivity contribution in [3.8, 4) is 11.3 Å². The van der Waals surface area contributed by atoms with Crippen LogP contribution in [0.15, 0.2) is 24.3 Å². The van der Waals surface area contributed by atoms with E-state index in [9.17, 15) is 9.59 Å². The Morgan fingerprint density at radius 3 is 2.13 bits per heavy atom. The lowest BCUT2D eigenvalue weighted by Crippen LogP contribution is -2.53. The van der Waals surface area contributed by atoms with Crippen LogP contribution in [-0.4, -0.2) is 114 Å². The lowest BCUT2D eigenvalue weighted by atomic mass is 9.88. The first-order valence-corrected chi connectivity index (χ1v) is 18.0. The average molecular weight is 631 g/mol. The highest BCUT2D eigenvalue weighted by Gasteiger charge is 2.47. The molecule has 8 nitrogen and oxygen atoms in total. The monoisotopic (exact) mass is 630 g/mol. The molecule has 4 aliphatic rings. The molecule has 0 aliphatic carbocycles. The van der Waals surface area contributed by atoms with E-state index in [-0.39, 0.29) is 5.91 Å². The van der Waals surface area contributed by atoms with Crippen LogP contribution in [-0.2, 0) is 21.4 Å². The number of aromatic amines is 1. The van der Waals surface area contributed by atoms with E-state index in [1.54, 1.807) is 11.3 Å². The molecule has 2 N–H and O–H groups in total. The molecule has 0 atom stereocenters. The third-order valence-corrected chi connectivity index (χ3v) is 12.3. The van der Waals surface area contributed by atoms with Gasteiger partial charge in [-0.2, -0.15) is 0 Å². The number of hydrogen-bond donors (Lipinski definition) is 2. The second kappa shape index (κ2) is 12.5. The molecule has 2 amide bonds. The van der Waals surface area contributed by atoms with Crippen molar-refractivity contribution >= 4 is 33.4 Å². The highest BCUT2D eigenvalue weighted by atomic mass is 32.1. The number of thiophene rings is 1. The summed E-state index contributed by atoms with van der Waals surface area (Å²) in [6, 6.07) is 10.0. The van der Waals surface area contributed by atoms with Crippen molar-refractivity contribution < 1.29 is 9.59 Å². The molecule has 2 bridgehead atoms. The van der Waals surface area contributed by atoms with Gasteiger partial charge < -0.3 is 25.0 Å². The van der Waals surface area contributed by atoms with Gasteiger partial charge in [0.1, 0.15) is 4.83 Å². The minimum absolute atomic E-state index is 0.268. The van der Waals surface area contributed by atoms with E-state index in [0.717, 1.165) is 70.2 Å². The lowest BCUT2D eigenvalue weighted by Gasteiger charge is -2.36. The number of piperazine rings is 2. The molecule has 4 saturated heterocycles. The van der Waals surface area contributed by atoms with Crippen LogP contribution in [0.25, 0.3) is 21.5 Å². The summed E-state index contributed by atoms with van der Waals surface area (Å²) in [5.74, 6) is 0.575. The molecule has 6 heterocycles. The molecule has 45 heavy (non-hydrogen) atoms. The van der Waals surface area contributed by atoms with Crippen LogP contribution < -0.4 is 5.32 Å². The number of H-pyrrole nitrogens is 1. The molecular formula is C36H50N6O2S. The van der Waals surface area contributed by atoms with Crippen molar-refractivity contribution in [1.82, 2.24) is 29.9 Å². The molecule has 0 saturated carbocycles. The fourth-order valence-corrected chi connectivity index (χ4v) is 9.47. The molecular weight excluding hydrogens is 581 g/mol. The molecule has 7 rings (SSSR count). The Labute approximate surface area is 272 Å².